The summed E-state index contributed by atoms with van der Waals surface area (Å²) >= 11 is 6.16. The van der Waals surface area contributed by atoms with Gasteiger partial charge in [-0.25, -0.2) is 9.37 Å². The van der Waals surface area contributed by atoms with E-state index in [1.807, 2.05) is 0 Å². The summed E-state index contributed by atoms with van der Waals surface area (Å²) in [6.07, 6.45) is 1.45. The van der Waals surface area contributed by atoms with Crippen LogP contribution in [-0.4, -0.2) is 28.9 Å². The Hall–Kier alpha value is -3.71. The van der Waals surface area contributed by atoms with E-state index in [1.54, 1.807) is 18.2 Å². The molecule has 1 fully saturated rings. The number of ketones is 1. The number of anilines is 1. The van der Waals surface area contributed by atoms with Crippen LogP contribution in [0.15, 0.2) is 72.4 Å². The van der Waals surface area contributed by atoms with Crippen molar-refractivity contribution >= 4 is 34.9 Å². The molecule has 2 aromatic carbocycles. The van der Waals surface area contributed by atoms with E-state index in [9.17, 15) is 19.1 Å². The molecular formula is C23H16ClFN2O4. The third kappa shape index (κ3) is 3.53. The number of carbonyl (C=O) groups excluding carboxylic acids is 2. The Bertz CT molecular complexity index is 1210. The van der Waals surface area contributed by atoms with Gasteiger partial charge in [-0.05, 0) is 36.4 Å². The lowest BCUT2D eigenvalue weighted by atomic mass is 9.95. The quantitative estimate of drug-likeness (QED) is 0.368. The highest BCUT2D eigenvalue weighted by atomic mass is 35.5. The second kappa shape index (κ2) is 8.20. The van der Waals surface area contributed by atoms with Gasteiger partial charge in [0.15, 0.2) is 0 Å². The summed E-state index contributed by atoms with van der Waals surface area (Å²) in [5.41, 5.74) is -0.0262. The Kier molecular flexibility index (Phi) is 5.44. The van der Waals surface area contributed by atoms with Gasteiger partial charge in [0, 0.05) is 17.3 Å². The van der Waals surface area contributed by atoms with Gasteiger partial charge >= 0.3 is 5.91 Å². The van der Waals surface area contributed by atoms with Gasteiger partial charge in [-0.2, -0.15) is 0 Å². The third-order valence-corrected chi connectivity index (χ3v) is 5.26. The number of aromatic nitrogens is 1. The lowest BCUT2D eigenvalue weighted by Crippen LogP contribution is -2.30. The number of benzene rings is 2. The number of ether oxygens (including phenoxy) is 1. The van der Waals surface area contributed by atoms with Crippen molar-refractivity contribution in [1.82, 2.24) is 4.98 Å². The zero-order valence-electron chi connectivity index (χ0n) is 16.3. The van der Waals surface area contributed by atoms with Crippen LogP contribution in [-0.2, 0) is 9.59 Å². The van der Waals surface area contributed by atoms with Crippen LogP contribution in [0.2, 0.25) is 5.02 Å². The first kappa shape index (κ1) is 20.6. The molecule has 6 nitrogen and oxygen atoms in total. The van der Waals surface area contributed by atoms with Crippen LogP contribution >= 0.6 is 11.6 Å². The van der Waals surface area contributed by atoms with E-state index in [0.717, 1.165) is 4.90 Å². The summed E-state index contributed by atoms with van der Waals surface area (Å²) in [6, 6.07) is 13.8. The maximum Gasteiger partial charge on any atom is 0.301 e. The molecule has 3 aromatic rings. The number of methoxy groups -OCH3 is 1. The summed E-state index contributed by atoms with van der Waals surface area (Å²) in [6.45, 7) is 0. The number of Topliss-reactive ketones (excluding diaryl/α,β-unsaturated/α-hetero) is 1. The average Bonchev–Trinajstić information content (AvgIpc) is 3.04. The monoisotopic (exact) mass is 438 g/mol. The van der Waals surface area contributed by atoms with E-state index < -0.39 is 29.3 Å². The van der Waals surface area contributed by atoms with Crippen LogP contribution < -0.4 is 9.64 Å². The van der Waals surface area contributed by atoms with Crippen molar-refractivity contribution in [2.24, 2.45) is 0 Å². The van der Waals surface area contributed by atoms with Crippen LogP contribution in [0.5, 0.6) is 5.75 Å². The fraction of sp³-hybridized carbons (Fsp3) is 0.0870. The molecule has 31 heavy (non-hydrogen) atoms. The van der Waals surface area contributed by atoms with E-state index in [0.29, 0.717) is 5.75 Å². The minimum Gasteiger partial charge on any atom is -0.507 e. The molecule has 1 N–H and O–H groups in total. The molecule has 0 spiro atoms. The van der Waals surface area contributed by atoms with Crippen molar-refractivity contribution < 1.29 is 23.8 Å². The predicted octanol–water partition coefficient (Wildman–Crippen LogP) is 4.51. The molecule has 2 heterocycles. The number of aliphatic hydroxyl groups is 1. The topological polar surface area (TPSA) is 79.7 Å². The number of amides is 1. The van der Waals surface area contributed by atoms with Crippen LogP contribution in [0, 0.1) is 5.82 Å². The predicted molar refractivity (Wildman–Crippen MR) is 113 cm³/mol. The number of carbonyl (C=O) groups is 2. The van der Waals surface area contributed by atoms with Crippen molar-refractivity contribution in [2.45, 2.75) is 6.04 Å². The van der Waals surface area contributed by atoms with Crippen molar-refractivity contribution in [3.63, 3.8) is 0 Å². The second-order valence-electron chi connectivity index (χ2n) is 6.73. The number of hydrogen-bond acceptors (Lipinski definition) is 5. The highest BCUT2D eigenvalue weighted by Gasteiger charge is 2.48. The summed E-state index contributed by atoms with van der Waals surface area (Å²) in [7, 11) is 1.44. The number of aliphatic hydroxyl groups excluding tert-OH is 1. The molecule has 1 aromatic heterocycles. The fourth-order valence-electron chi connectivity index (χ4n) is 3.53. The number of pyridine rings is 1. The van der Waals surface area contributed by atoms with Gasteiger partial charge < -0.3 is 9.84 Å². The summed E-state index contributed by atoms with van der Waals surface area (Å²) in [5.74, 6) is -2.46. The van der Waals surface area contributed by atoms with Crippen molar-refractivity contribution in [3.8, 4) is 5.75 Å². The van der Waals surface area contributed by atoms with Crippen LogP contribution in [0.1, 0.15) is 17.2 Å². The molecule has 0 saturated carbocycles. The van der Waals surface area contributed by atoms with Crippen LogP contribution in [0.4, 0.5) is 10.2 Å². The van der Waals surface area contributed by atoms with E-state index in [1.165, 1.54) is 55.8 Å². The number of rotatable bonds is 4. The van der Waals surface area contributed by atoms with Crippen molar-refractivity contribution in [1.29, 1.82) is 0 Å². The molecule has 0 radical (unpaired) electrons. The zero-order chi connectivity index (χ0) is 22.1. The minimum atomic E-state index is -1.21. The minimum absolute atomic E-state index is 0.0495. The fourth-order valence-corrected chi connectivity index (χ4v) is 3.78. The SMILES string of the molecule is COc1ccc(/C(O)=C2\C(=O)C(=O)N(c3ccccn3)C2c2ccccc2F)cc1Cl. The van der Waals surface area contributed by atoms with E-state index in [2.05, 4.69) is 4.98 Å². The molecule has 1 aliphatic rings. The molecule has 4 rings (SSSR count). The molecule has 156 valence electrons. The molecule has 8 heteroatoms. The summed E-state index contributed by atoms with van der Waals surface area (Å²) < 4.78 is 19.9. The van der Waals surface area contributed by atoms with Crippen molar-refractivity contribution in [3.05, 3.63) is 94.4 Å². The first-order valence-corrected chi connectivity index (χ1v) is 9.62. The van der Waals surface area contributed by atoms with Gasteiger partial charge in [-0.1, -0.05) is 35.9 Å². The number of hydrogen-bond donors (Lipinski definition) is 1. The van der Waals surface area contributed by atoms with Crippen LogP contribution in [0.25, 0.3) is 5.76 Å². The molecular weight excluding hydrogens is 423 g/mol. The Morgan fingerprint density at radius 2 is 1.87 bits per heavy atom. The number of nitrogens with zero attached hydrogens (tertiary/aromatic N) is 2. The zero-order valence-corrected chi connectivity index (χ0v) is 17.0. The molecule has 0 aliphatic carbocycles. The van der Waals surface area contributed by atoms with Crippen LogP contribution in [0.3, 0.4) is 0 Å². The highest BCUT2D eigenvalue weighted by Crippen LogP contribution is 2.42. The maximum atomic E-state index is 14.8. The standard InChI is InChI=1S/C23H16ClFN2O4/c1-31-17-10-9-13(12-15(17)24)21(28)19-20(14-6-2-3-7-16(14)25)27(23(30)22(19)29)18-8-4-5-11-26-18/h2-12,20,28H,1H3/b21-19+. The second-order valence-corrected chi connectivity index (χ2v) is 7.14. The van der Waals surface area contributed by atoms with Gasteiger partial charge in [0.1, 0.15) is 23.1 Å². The third-order valence-electron chi connectivity index (χ3n) is 4.97. The van der Waals surface area contributed by atoms with Gasteiger partial charge in [-0.3, -0.25) is 14.5 Å². The largest absolute Gasteiger partial charge is 0.507 e. The summed E-state index contributed by atoms with van der Waals surface area (Å²) in [5, 5.41) is 11.2. The molecule has 1 atom stereocenters. The van der Waals surface area contributed by atoms with Gasteiger partial charge in [0.2, 0.25) is 0 Å². The first-order valence-electron chi connectivity index (χ1n) is 9.24. The Labute approximate surface area is 182 Å². The van der Waals surface area contributed by atoms with Crippen molar-refractivity contribution in [2.75, 3.05) is 12.0 Å². The van der Waals surface area contributed by atoms with E-state index >= 15 is 0 Å². The smallest absolute Gasteiger partial charge is 0.301 e. The van der Waals surface area contributed by atoms with E-state index in [4.69, 9.17) is 16.3 Å². The molecule has 1 unspecified atom stereocenters. The van der Waals surface area contributed by atoms with E-state index in [-0.39, 0.29) is 27.5 Å². The normalized spacial score (nSPS) is 17.8. The molecule has 1 saturated heterocycles. The van der Waals surface area contributed by atoms with Gasteiger partial charge in [-0.15, -0.1) is 0 Å². The highest BCUT2D eigenvalue weighted by molar-refractivity contribution is 6.51. The Morgan fingerprint density at radius 3 is 2.52 bits per heavy atom. The average molecular weight is 439 g/mol. The molecule has 1 amide bonds. The maximum absolute atomic E-state index is 14.8. The first-order chi connectivity index (χ1) is 14.9. The summed E-state index contributed by atoms with van der Waals surface area (Å²) in [4.78, 5) is 31.2. The lowest BCUT2D eigenvalue weighted by molar-refractivity contribution is -0.132. The van der Waals surface area contributed by atoms with Gasteiger partial charge in [0.25, 0.3) is 5.78 Å². The molecule has 1 aliphatic heterocycles. The Morgan fingerprint density at radius 1 is 1.13 bits per heavy atom. The lowest BCUT2D eigenvalue weighted by Gasteiger charge is -2.24. The Balaban J connectivity index is 1.96. The number of halogens is 2. The van der Waals surface area contributed by atoms with Gasteiger partial charge in [0.05, 0.1) is 23.7 Å². The molecule has 0 bridgehead atoms.